The van der Waals surface area contributed by atoms with Crippen molar-refractivity contribution in [2.75, 3.05) is 12.3 Å². The minimum atomic E-state index is 0.404. The van der Waals surface area contributed by atoms with Crippen LogP contribution in [0.3, 0.4) is 0 Å². The van der Waals surface area contributed by atoms with Crippen LogP contribution in [0.15, 0.2) is 47.4 Å². The lowest BCUT2D eigenvalue weighted by Crippen LogP contribution is -2.23. The molecule has 1 nitrogen and oxygen atoms in total. The molecule has 0 amide bonds. The molecule has 0 aromatic heterocycles. The van der Waals surface area contributed by atoms with E-state index in [1.165, 1.54) is 27.1 Å². The van der Waals surface area contributed by atoms with Gasteiger partial charge in [0.15, 0.2) is 0 Å². The van der Waals surface area contributed by atoms with Crippen LogP contribution in [0.25, 0.3) is 0 Å². The predicted octanol–water partition coefficient (Wildman–Crippen LogP) is 5.05. The van der Waals surface area contributed by atoms with E-state index in [1.54, 1.807) is 0 Å². The number of aryl methyl sites for hydroxylation is 3. The number of rotatable bonds is 6. The van der Waals surface area contributed by atoms with E-state index >= 15 is 0 Å². The van der Waals surface area contributed by atoms with Crippen LogP contribution in [0.1, 0.15) is 35.2 Å². The third-order valence-electron chi connectivity index (χ3n) is 3.70. The van der Waals surface area contributed by atoms with E-state index in [2.05, 4.69) is 75.5 Å². The maximum absolute atomic E-state index is 3.63. The van der Waals surface area contributed by atoms with Gasteiger partial charge in [-0.2, -0.15) is 0 Å². The highest BCUT2D eigenvalue weighted by Crippen LogP contribution is 2.27. The molecule has 0 radical (unpaired) electrons. The largest absolute Gasteiger partial charge is 0.309 e. The second kappa shape index (κ2) is 7.67. The molecule has 0 aliphatic heterocycles. The maximum Gasteiger partial charge on any atom is 0.0418 e. The molecule has 0 saturated heterocycles. The standard InChI is InChI=1S/C19H25NS/c1-5-20-19(18-12-15(3)6-9-16(18)4)13-21-17-10-7-14(2)8-11-17/h6-12,19-20H,5,13H2,1-4H3. The van der Waals surface area contributed by atoms with Crippen molar-refractivity contribution in [3.05, 3.63) is 64.7 Å². The molecular formula is C19H25NS. The number of nitrogens with one attached hydrogen (secondary N) is 1. The van der Waals surface area contributed by atoms with Crippen molar-refractivity contribution in [2.24, 2.45) is 0 Å². The van der Waals surface area contributed by atoms with Gasteiger partial charge in [-0.1, -0.05) is 48.4 Å². The van der Waals surface area contributed by atoms with Gasteiger partial charge in [-0.25, -0.2) is 0 Å². The van der Waals surface area contributed by atoms with Crippen LogP contribution in [0.4, 0.5) is 0 Å². The van der Waals surface area contributed by atoms with Crippen LogP contribution in [0.2, 0.25) is 0 Å². The van der Waals surface area contributed by atoms with E-state index in [0.717, 1.165) is 12.3 Å². The van der Waals surface area contributed by atoms with E-state index in [9.17, 15) is 0 Å². The first-order valence-electron chi connectivity index (χ1n) is 7.60. The molecule has 0 bridgehead atoms. The molecule has 0 saturated carbocycles. The number of hydrogen-bond donors (Lipinski definition) is 1. The molecule has 2 rings (SSSR count). The maximum atomic E-state index is 3.63. The summed E-state index contributed by atoms with van der Waals surface area (Å²) in [7, 11) is 0. The lowest BCUT2D eigenvalue weighted by atomic mass is 10.00. The minimum absolute atomic E-state index is 0.404. The Labute approximate surface area is 133 Å². The van der Waals surface area contributed by atoms with Crippen molar-refractivity contribution in [2.45, 2.75) is 38.6 Å². The minimum Gasteiger partial charge on any atom is -0.309 e. The zero-order chi connectivity index (χ0) is 15.2. The van der Waals surface area contributed by atoms with Gasteiger partial charge in [-0.15, -0.1) is 11.8 Å². The fourth-order valence-corrected chi connectivity index (χ4v) is 3.44. The number of hydrogen-bond acceptors (Lipinski definition) is 2. The summed E-state index contributed by atoms with van der Waals surface area (Å²) in [6, 6.07) is 15.9. The smallest absolute Gasteiger partial charge is 0.0418 e. The highest BCUT2D eigenvalue weighted by molar-refractivity contribution is 7.99. The van der Waals surface area contributed by atoms with Crippen LogP contribution < -0.4 is 5.32 Å². The van der Waals surface area contributed by atoms with Crippen molar-refractivity contribution in [1.82, 2.24) is 5.32 Å². The first kappa shape index (κ1) is 16.1. The Morgan fingerprint density at radius 3 is 2.29 bits per heavy atom. The van der Waals surface area contributed by atoms with Crippen molar-refractivity contribution < 1.29 is 0 Å². The van der Waals surface area contributed by atoms with Crippen LogP contribution >= 0.6 is 11.8 Å². The molecule has 1 atom stereocenters. The number of thioether (sulfide) groups is 1. The summed E-state index contributed by atoms with van der Waals surface area (Å²) in [4.78, 5) is 1.34. The van der Waals surface area contributed by atoms with E-state index in [1.807, 2.05) is 11.8 Å². The van der Waals surface area contributed by atoms with Gasteiger partial charge in [-0.05, 0) is 50.6 Å². The van der Waals surface area contributed by atoms with E-state index < -0.39 is 0 Å². The van der Waals surface area contributed by atoms with Gasteiger partial charge in [0.25, 0.3) is 0 Å². The first-order valence-corrected chi connectivity index (χ1v) is 8.58. The molecule has 2 aromatic carbocycles. The average molecular weight is 299 g/mol. The fraction of sp³-hybridized carbons (Fsp3) is 0.368. The van der Waals surface area contributed by atoms with Crippen LogP contribution in [-0.4, -0.2) is 12.3 Å². The van der Waals surface area contributed by atoms with Gasteiger partial charge in [0, 0.05) is 16.7 Å². The Balaban J connectivity index is 2.11. The molecule has 2 aromatic rings. The topological polar surface area (TPSA) is 12.0 Å². The van der Waals surface area contributed by atoms with Gasteiger partial charge in [0.1, 0.15) is 0 Å². The van der Waals surface area contributed by atoms with E-state index in [4.69, 9.17) is 0 Å². The molecule has 0 spiro atoms. The summed E-state index contributed by atoms with van der Waals surface area (Å²) >= 11 is 1.92. The zero-order valence-electron chi connectivity index (χ0n) is 13.4. The van der Waals surface area contributed by atoms with Crippen molar-refractivity contribution in [1.29, 1.82) is 0 Å². The second-order valence-corrected chi connectivity index (χ2v) is 6.69. The van der Waals surface area contributed by atoms with Crippen molar-refractivity contribution >= 4 is 11.8 Å². The van der Waals surface area contributed by atoms with Gasteiger partial charge in [0.05, 0.1) is 0 Å². The van der Waals surface area contributed by atoms with Crippen LogP contribution in [0.5, 0.6) is 0 Å². The fourth-order valence-electron chi connectivity index (χ4n) is 2.45. The summed E-state index contributed by atoms with van der Waals surface area (Å²) in [5.41, 5.74) is 5.45. The van der Waals surface area contributed by atoms with Gasteiger partial charge >= 0.3 is 0 Å². The number of benzene rings is 2. The zero-order valence-corrected chi connectivity index (χ0v) is 14.3. The molecule has 21 heavy (non-hydrogen) atoms. The summed E-state index contributed by atoms with van der Waals surface area (Å²) in [5.74, 6) is 1.06. The van der Waals surface area contributed by atoms with Crippen molar-refractivity contribution in [3.8, 4) is 0 Å². The molecule has 112 valence electrons. The third-order valence-corrected chi connectivity index (χ3v) is 4.80. The molecule has 1 N–H and O–H groups in total. The predicted molar refractivity (Wildman–Crippen MR) is 94.2 cm³/mol. The molecule has 0 aliphatic carbocycles. The summed E-state index contributed by atoms with van der Waals surface area (Å²) in [6.07, 6.45) is 0. The SMILES string of the molecule is CCNC(CSc1ccc(C)cc1)c1cc(C)ccc1C. The Morgan fingerprint density at radius 1 is 0.952 bits per heavy atom. The van der Waals surface area contributed by atoms with Crippen LogP contribution in [-0.2, 0) is 0 Å². The summed E-state index contributed by atoms with van der Waals surface area (Å²) in [5, 5.41) is 3.63. The van der Waals surface area contributed by atoms with E-state index in [-0.39, 0.29) is 0 Å². The molecule has 2 heteroatoms. The van der Waals surface area contributed by atoms with Gasteiger partial charge in [-0.3, -0.25) is 0 Å². The highest BCUT2D eigenvalue weighted by Gasteiger charge is 2.13. The molecule has 1 unspecified atom stereocenters. The highest BCUT2D eigenvalue weighted by atomic mass is 32.2. The Kier molecular flexibility index (Phi) is 5.89. The molecule has 0 aliphatic rings. The normalized spacial score (nSPS) is 12.4. The summed E-state index contributed by atoms with van der Waals surface area (Å²) in [6.45, 7) is 9.67. The lowest BCUT2D eigenvalue weighted by molar-refractivity contribution is 0.603. The molecule has 0 fully saturated rings. The monoisotopic (exact) mass is 299 g/mol. The lowest BCUT2D eigenvalue weighted by Gasteiger charge is -2.20. The second-order valence-electron chi connectivity index (χ2n) is 5.59. The first-order chi connectivity index (χ1) is 10.1. The van der Waals surface area contributed by atoms with Gasteiger partial charge in [0.2, 0.25) is 0 Å². The van der Waals surface area contributed by atoms with Crippen molar-refractivity contribution in [3.63, 3.8) is 0 Å². The third kappa shape index (κ3) is 4.62. The quantitative estimate of drug-likeness (QED) is 0.749. The Bertz CT molecular complexity index is 575. The average Bonchev–Trinajstić information content (AvgIpc) is 2.48. The Morgan fingerprint density at radius 2 is 1.62 bits per heavy atom. The van der Waals surface area contributed by atoms with Gasteiger partial charge < -0.3 is 5.32 Å². The molecule has 0 heterocycles. The Hall–Kier alpha value is -1.25. The van der Waals surface area contributed by atoms with E-state index in [0.29, 0.717) is 6.04 Å². The summed E-state index contributed by atoms with van der Waals surface area (Å²) < 4.78 is 0. The molecular weight excluding hydrogens is 274 g/mol. The van der Waals surface area contributed by atoms with Crippen LogP contribution in [0, 0.1) is 20.8 Å².